The molecule has 3 atom stereocenters. The lowest BCUT2D eigenvalue weighted by Gasteiger charge is -2.37. The lowest BCUT2D eigenvalue weighted by atomic mass is 9.94. The molecular weight excluding hydrogens is 264 g/mol. The van der Waals surface area contributed by atoms with Crippen LogP contribution in [0.1, 0.15) is 18.9 Å². The van der Waals surface area contributed by atoms with E-state index in [1.54, 1.807) is 0 Å². The number of rotatable bonds is 7. The fraction of sp³-hybridized carbons (Fsp3) is 0.647. The van der Waals surface area contributed by atoms with Crippen molar-refractivity contribution in [2.45, 2.75) is 32.1 Å². The van der Waals surface area contributed by atoms with Gasteiger partial charge in [0.2, 0.25) is 0 Å². The number of benzene rings is 1. The van der Waals surface area contributed by atoms with Gasteiger partial charge in [-0.05, 0) is 31.5 Å². The van der Waals surface area contributed by atoms with Crippen molar-refractivity contribution >= 4 is 0 Å². The number of nitrogens with zero attached hydrogens (tertiary/aromatic N) is 1. The minimum absolute atomic E-state index is 0.398. The van der Waals surface area contributed by atoms with Crippen molar-refractivity contribution in [1.82, 2.24) is 10.2 Å². The highest BCUT2D eigenvalue weighted by atomic mass is 16.5. The molecule has 0 radical (unpaired) electrons. The van der Waals surface area contributed by atoms with Gasteiger partial charge in [0.25, 0.3) is 0 Å². The van der Waals surface area contributed by atoms with Crippen LogP contribution in [0.15, 0.2) is 30.3 Å². The number of aliphatic hydroxyl groups is 1. The third-order valence-electron chi connectivity index (χ3n) is 4.25. The van der Waals surface area contributed by atoms with Gasteiger partial charge < -0.3 is 20.1 Å². The Morgan fingerprint density at radius 2 is 2.14 bits per heavy atom. The second kappa shape index (κ2) is 8.49. The zero-order valence-electron chi connectivity index (χ0n) is 13.2. The predicted molar refractivity (Wildman–Crippen MR) is 85.2 cm³/mol. The molecule has 21 heavy (non-hydrogen) atoms. The molecule has 0 aromatic heterocycles. The Hall–Kier alpha value is -0.940. The Bertz CT molecular complexity index is 399. The molecule has 4 heteroatoms. The summed E-state index contributed by atoms with van der Waals surface area (Å²) < 4.78 is 5.60. The van der Waals surface area contributed by atoms with Crippen molar-refractivity contribution in [2.24, 2.45) is 5.92 Å². The van der Waals surface area contributed by atoms with Gasteiger partial charge in [0.05, 0.1) is 19.3 Å². The lowest BCUT2D eigenvalue weighted by molar-refractivity contribution is 0.00138. The Labute approximate surface area is 128 Å². The average molecular weight is 292 g/mol. The van der Waals surface area contributed by atoms with Crippen LogP contribution in [0.4, 0.5) is 0 Å². The minimum Gasteiger partial charge on any atom is -0.389 e. The maximum atomic E-state index is 10.1. The highest BCUT2D eigenvalue weighted by Crippen LogP contribution is 2.16. The van der Waals surface area contributed by atoms with Gasteiger partial charge in [-0.1, -0.05) is 37.3 Å². The van der Waals surface area contributed by atoms with Crippen molar-refractivity contribution in [1.29, 1.82) is 0 Å². The van der Waals surface area contributed by atoms with Crippen molar-refractivity contribution < 1.29 is 9.84 Å². The van der Waals surface area contributed by atoms with Crippen LogP contribution < -0.4 is 5.32 Å². The molecule has 4 nitrogen and oxygen atoms in total. The first kappa shape index (κ1) is 16.4. The molecule has 0 amide bonds. The van der Waals surface area contributed by atoms with Crippen LogP contribution in [-0.2, 0) is 11.3 Å². The molecule has 0 spiro atoms. The minimum atomic E-state index is -0.410. The largest absolute Gasteiger partial charge is 0.389 e. The van der Waals surface area contributed by atoms with Crippen LogP contribution in [0.5, 0.6) is 0 Å². The van der Waals surface area contributed by atoms with E-state index in [1.807, 2.05) is 37.4 Å². The number of hydrogen-bond donors (Lipinski definition) is 2. The van der Waals surface area contributed by atoms with Crippen molar-refractivity contribution in [2.75, 3.05) is 33.3 Å². The van der Waals surface area contributed by atoms with Crippen LogP contribution >= 0.6 is 0 Å². The van der Waals surface area contributed by atoms with E-state index in [0.29, 0.717) is 31.7 Å². The fourth-order valence-electron chi connectivity index (χ4n) is 3.06. The van der Waals surface area contributed by atoms with E-state index in [1.165, 1.54) is 0 Å². The molecule has 2 N–H and O–H groups in total. The standard InChI is InChI=1S/C17H28N2O2/c1-14-10-19(9-8-17(14)18-2)11-16(20)13-21-12-15-6-4-3-5-7-15/h3-7,14,16-18,20H,8-13H2,1-2H3. The van der Waals surface area contributed by atoms with Crippen LogP contribution in [0.2, 0.25) is 0 Å². The van der Waals surface area contributed by atoms with Gasteiger partial charge in [-0.15, -0.1) is 0 Å². The molecule has 0 saturated carbocycles. The van der Waals surface area contributed by atoms with E-state index in [0.717, 1.165) is 25.1 Å². The first-order valence-electron chi connectivity index (χ1n) is 7.88. The summed E-state index contributed by atoms with van der Waals surface area (Å²) in [5.74, 6) is 0.626. The monoisotopic (exact) mass is 292 g/mol. The van der Waals surface area contributed by atoms with E-state index in [9.17, 15) is 5.11 Å². The topological polar surface area (TPSA) is 44.7 Å². The number of nitrogens with one attached hydrogen (secondary N) is 1. The molecule has 0 aliphatic carbocycles. The molecule has 1 aliphatic heterocycles. The average Bonchev–Trinajstić information content (AvgIpc) is 2.48. The van der Waals surface area contributed by atoms with Crippen LogP contribution in [-0.4, -0.2) is 55.4 Å². The molecule has 1 heterocycles. The molecule has 3 unspecified atom stereocenters. The van der Waals surface area contributed by atoms with Crippen LogP contribution in [0.25, 0.3) is 0 Å². The van der Waals surface area contributed by atoms with E-state index in [4.69, 9.17) is 4.74 Å². The molecule has 1 aromatic carbocycles. The SMILES string of the molecule is CNC1CCN(CC(O)COCc2ccccc2)CC1C. The summed E-state index contributed by atoms with van der Waals surface area (Å²) in [4.78, 5) is 2.34. The van der Waals surface area contributed by atoms with E-state index >= 15 is 0 Å². The highest BCUT2D eigenvalue weighted by molar-refractivity contribution is 5.13. The van der Waals surface area contributed by atoms with Gasteiger partial charge in [0.15, 0.2) is 0 Å². The van der Waals surface area contributed by atoms with Gasteiger partial charge in [0, 0.05) is 19.1 Å². The van der Waals surface area contributed by atoms with E-state index in [2.05, 4.69) is 17.1 Å². The number of likely N-dealkylation sites (tertiary alicyclic amines) is 1. The second-order valence-electron chi connectivity index (χ2n) is 6.08. The zero-order valence-corrected chi connectivity index (χ0v) is 13.2. The summed E-state index contributed by atoms with van der Waals surface area (Å²) in [6, 6.07) is 10.7. The summed E-state index contributed by atoms with van der Waals surface area (Å²) in [5.41, 5.74) is 1.15. The van der Waals surface area contributed by atoms with Gasteiger partial charge >= 0.3 is 0 Å². The van der Waals surface area contributed by atoms with Crippen LogP contribution in [0, 0.1) is 5.92 Å². The summed E-state index contributed by atoms with van der Waals surface area (Å²) in [5, 5.41) is 13.5. The molecule has 0 bridgehead atoms. The van der Waals surface area contributed by atoms with Gasteiger partial charge in [0.1, 0.15) is 0 Å². The summed E-state index contributed by atoms with van der Waals surface area (Å²) >= 11 is 0. The Kier molecular flexibility index (Phi) is 6.64. The first-order chi connectivity index (χ1) is 10.2. The molecule has 118 valence electrons. The maximum Gasteiger partial charge on any atom is 0.0900 e. The second-order valence-corrected chi connectivity index (χ2v) is 6.08. The summed E-state index contributed by atoms with van der Waals surface area (Å²) in [7, 11) is 2.03. The Balaban J connectivity index is 1.64. The summed E-state index contributed by atoms with van der Waals surface area (Å²) in [6.45, 7) is 6.03. The van der Waals surface area contributed by atoms with E-state index in [-0.39, 0.29) is 0 Å². The quantitative estimate of drug-likeness (QED) is 0.799. The van der Waals surface area contributed by atoms with Crippen molar-refractivity contribution in [3.05, 3.63) is 35.9 Å². The summed E-state index contributed by atoms with van der Waals surface area (Å²) in [6.07, 6.45) is 0.738. The van der Waals surface area contributed by atoms with E-state index < -0.39 is 6.10 Å². The molecule has 2 rings (SSSR count). The first-order valence-corrected chi connectivity index (χ1v) is 7.88. The van der Waals surface area contributed by atoms with Crippen molar-refractivity contribution in [3.8, 4) is 0 Å². The zero-order chi connectivity index (χ0) is 15.1. The fourth-order valence-corrected chi connectivity index (χ4v) is 3.06. The number of β-amino-alcohol motifs (C(OH)–C–C–N with tert-alkyl or cyclic N) is 1. The van der Waals surface area contributed by atoms with Crippen LogP contribution in [0.3, 0.4) is 0 Å². The normalized spacial score (nSPS) is 24.9. The van der Waals surface area contributed by atoms with Gasteiger partial charge in [-0.25, -0.2) is 0 Å². The molecule has 1 aliphatic rings. The molecule has 1 saturated heterocycles. The Morgan fingerprint density at radius 1 is 1.38 bits per heavy atom. The lowest BCUT2D eigenvalue weighted by Crippen LogP contribution is -2.49. The molecular formula is C17H28N2O2. The number of piperidine rings is 1. The van der Waals surface area contributed by atoms with Gasteiger partial charge in [-0.3, -0.25) is 0 Å². The predicted octanol–water partition coefficient (Wildman–Crippen LogP) is 1.49. The van der Waals surface area contributed by atoms with Gasteiger partial charge in [-0.2, -0.15) is 0 Å². The smallest absolute Gasteiger partial charge is 0.0900 e. The highest BCUT2D eigenvalue weighted by Gasteiger charge is 2.25. The number of aliphatic hydroxyl groups excluding tert-OH is 1. The third-order valence-corrected chi connectivity index (χ3v) is 4.25. The third kappa shape index (κ3) is 5.40. The van der Waals surface area contributed by atoms with Crippen molar-refractivity contribution in [3.63, 3.8) is 0 Å². The Morgan fingerprint density at radius 3 is 2.81 bits per heavy atom. The number of ether oxygens (including phenoxy) is 1. The maximum absolute atomic E-state index is 10.1. The molecule has 1 aromatic rings. The number of hydrogen-bond acceptors (Lipinski definition) is 4. The molecule has 1 fully saturated rings.